The van der Waals surface area contributed by atoms with E-state index in [1.165, 1.54) is 18.4 Å². The SMILES string of the molecule is CCCC[C@H](/N=C\C=C1\C=C(C(=O)O)N[C@H](C(=O)O)C1)C(=O)O. The highest BCUT2D eigenvalue weighted by Crippen LogP contribution is 2.16. The van der Waals surface area contributed by atoms with Gasteiger partial charge >= 0.3 is 17.9 Å². The van der Waals surface area contributed by atoms with Crippen LogP contribution in [-0.4, -0.2) is 51.5 Å². The number of unbranched alkanes of at least 4 members (excludes halogenated alkanes) is 1. The van der Waals surface area contributed by atoms with E-state index in [9.17, 15) is 14.4 Å². The molecule has 0 saturated carbocycles. The van der Waals surface area contributed by atoms with Crippen molar-refractivity contribution in [2.45, 2.75) is 44.7 Å². The molecule has 8 nitrogen and oxygen atoms in total. The molecule has 8 heteroatoms. The lowest BCUT2D eigenvalue weighted by Crippen LogP contribution is -2.41. The second-order valence-electron chi connectivity index (χ2n) is 5.14. The van der Waals surface area contributed by atoms with Crippen LogP contribution in [0.2, 0.25) is 0 Å². The van der Waals surface area contributed by atoms with Crippen LogP contribution < -0.4 is 5.32 Å². The second kappa shape index (κ2) is 8.72. The minimum atomic E-state index is -1.26. The molecule has 0 aromatic heterocycles. The number of nitrogens with zero attached hydrogens (tertiary/aromatic N) is 1. The molecule has 0 radical (unpaired) electrons. The predicted molar refractivity (Wildman–Crippen MR) is 82.4 cm³/mol. The van der Waals surface area contributed by atoms with Crippen molar-refractivity contribution < 1.29 is 29.7 Å². The molecule has 1 aliphatic rings. The Balaban J connectivity index is 2.89. The Labute approximate surface area is 133 Å². The largest absolute Gasteiger partial charge is 0.480 e. The van der Waals surface area contributed by atoms with E-state index in [1.54, 1.807) is 0 Å². The summed E-state index contributed by atoms with van der Waals surface area (Å²) in [5.41, 5.74) is 0.237. The van der Waals surface area contributed by atoms with Gasteiger partial charge < -0.3 is 20.6 Å². The molecule has 0 saturated heterocycles. The molecule has 23 heavy (non-hydrogen) atoms. The first-order valence-corrected chi connectivity index (χ1v) is 7.24. The minimum Gasteiger partial charge on any atom is -0.480 e. The lowest BCUT2D eigenvalue weighted by Gasteiger charge is -2.21. The zero-order chi connectivity index (χ0) is 17.4. The third-order valence-electron chi connectivity index (χ3n) is 3.30. The Hall–Kier alpha value is -2.64. The molecule has 0 spiro atoms. The monoisotopic (exact) mass is 324 g/mol. The third-order valence-corrected chi connectivity index (χ3v) is 3.30. The van der Waals surface area contributed by atoms with Crippen molar-refractivity contribution in [1.29, 1.82) is 0 Å². The molecule has 0 aromatic carbocycles. The van der Waals surface area contributed by atoms with Crippen LogP contribution >= 0.6 is 0 Å². The molecule has 1 aliphatic heterocycles. The standard InChI is InChI=1S/C15H20N2O6/c1-2-3-4-10(13(18)19)16-6-5-9-7-11(14(20)21)17-12(8-9)15(22)23/h5-7,10,12,17H,2-4,8H2,1H3,(H,18,19)(H,20,21)(H,22,23)/b9-5-,16-6-/t10-,12-/m0/s1. The number of aliphatic imine (C=N–C) groups is 1. The lowest BCUT2D eigenvalue weighted by molar-refractivity contribution is -0.140. The van der Waals surface area contributed by atoms with Crippen molar-refractivity contribution in [2.24, 2.45) is 4.99 Å². The number of hydrogen-bond acceptors (Lipinski definition) is 5. The van der Waals surface area contributed by atoms with Gasteiger partial charge in [0, 0.05) is 12.6 Å². The van der Waals surface area contributed by atoms with E-state index in [1.807, 2.05) is 6.92 Å². The zero-order valence-corrected chi connectivity index (χ0v) is 12.7. The van der Waals surface area contributed by atoms with E-state index in [0.29, 0.717) is 12.0 Å². The Kier molecular flexibility index (Phi) is 6.98. The number of allylic oxidation sites excluding steroid dienone is 2. The van der Waals surface area contributed by atoms with Gasteiger partial charge in [0.25, 0.3) is 0 Å². The average Bonchev–Trinajstić information content (AvgIpc) is 2.49. The summed E-state index contributed by atoms with van der Waals surface area (Å²) in [5, 5.41) is 29.5. The zero-order valence-electron chi connectivity index (χ0n) is 12.7. The topological polar surface area (TPSA) is 136 Å². The minimum absolute atomic E-state index is 0.0881. The summed E-state index contributed by atoms with van der Waals surface area (Å²) in [5.74, 6) is -3.44. The van der Waals surface area contributed by atoms with Crippen molar-refractivity contribution in [1.82, 2.24) is 5.32 Å². The maximum absolute atomic E-state index is 11.1. The number of hydrogen-bond donors (Lipinski definition) is 4. The molecular weight excluding hydrogens is 304 g/mol. The molecule has 0 bridgehead atoms. The van der Waals surface area contributed by atoms with Crippen LogP contribution in [0.25, 0.3) is 0 Å². The van der Waals surface area contributed by atoms with Crippen LogP contribution in [-0.2, 0) is 14.4 Å². The van der Waals surface area contributed by atoms with Gasteiger partial charge in [-0.25, -0.2) is 14.4 Å². The van der Waals surface area contributed by atoms with Gasteiger partial charge in [-0.2, -0.15) is 0 Å². The van der Waals surface area contributed by atoms with Crippen LogP contribution in [0.15, 0.2) is 28.4 Å². The molecule has 1 heterocycles. The van der Waals surface area contributed by atoms with Crippen LogP contribution in [0.5, 0.6) is 0 Å². The number of carboxylic acids is 3. The quantitative estimate of drug-likeness (QED) is 0.490. The highest BCUT2D eigenvalue weighted by Gasteiger charge is 2.26. The third kappa shape index (κ3) is 5.93. The molecular formula is C15H20N2O6. The number of aliphatic carboxylic acids is 3. The van der Waals surface area contributed by atoms with E-state index in [4.69, 9.17) is 15.3 Å². The number of nitrogens with one attached hydrogen (secondary N) is 1. The fourth-order valence-electron chi connectivity index (χ4n) is 2.05. The number of carbonyl (C=O) groups is 3. The highest BCUT2D eigenvalue weighted by atomic mass is 16.4. The van der Waals surface area contributed by atoms with Crippen LogP contribution in [0.4, 0.5) is 0 Å². The van der Waals surface area contributed by atoms with Gasteiger partial charge in [0.15, 0.2) is 0 Å². The smallest absolute Gasteiger partial charge is 0.351 e. The fourth-order valence-corrected chi connectivity index (χ4v) is 2.05. The summed E-state index contributed by atoms with van der Waals surface area (Å²) in [7, 11) is 0. The van der Waals surface area contributed by atoms with Crippen LogP contribution in [0.1, 0.15) is 32.6 Å². The normalized spacial score (nSPS) is 20.8. The first kappa shape index (κ1) is 18.4. The molecule has 1 rings (SSSR count). The van der Waals surface area contributed by atoms with E-state index in [-0.39, 0.29) is 12.1 Å². The van der Waals surface area contributed by atoms with Crippen LogP contribution in [0.3, 0.4) is 0 Å². The summed E-state index contributed by atoms with van der Waals surface area (Å²) >= 11 is 0. The number of carboxylic acid groups (broad SMARTS) is 3. The van der Waals surface area contributed by atoms with Crippen LogP contribution in [0, 0.1) is 0 Å². The Bertz CT molecular complexity index is 564. The van der Waals surface area contributed by atoms with E-state index in [2.05, 4.69) is 10.3 Å². The first-order valence-electron chi connectivity index (χ1n) is 7.24. The first-order chi connectivity index (χ1) is 10.8. The molecule has 126 valence electrons. The maximum atomic E-state index is 11.1. The fraction of sp³-hybridized carbons (Fsp3) is 0.467. The van der Waals surface area contributed by atoms with Crippen molar-refractivity contribution in [3.8, 4) is 0 Å². The molecule has 0 amide bonds. The van der Waals surface area contributed by atoms with Gasteiger partial charge in [0.1, 0.15) is 17.8 Å². The Morgan fingerprint density at radius 3 is 2.61 bits per heavy atom. The van der Waals surface area contributed by atoms with Crippen molar-refractivity contribution in [2.75, 3.05) is 0 Å². The predicted octanol–water partition coefficient (Wildman–Crippen LogP) is 1.04. The van der Waals surface area contributed by atoms with E-state index in [0.717, 1.165) is 12.8 Å². The summed E-state index contributed by atoms with van der Waals surface area (Å²) < 4.78 is 0. The number of rotatable bonds is 8. The second-order valence-corrected chi connectivity index (χ2v) is 5.14. The lowest BCUT2D eigenvalue weighted by atomic mass is 10.00. The Morgan fingerprint density at radius 1 is 1.39 bits per heavy atom. The van der Waals surface area contributed by atoms with Crippen molar-refractivity contribution in [3.05, 3.63) is 23.4 Å². The molecule has 4 N–H and O–H groups in total. The molecule has 2 atom stereocenters. The highest BCUT2D eigenvalue weighted by molar-refractivity contribution is 5.89. The maximum Gasteiger partial charge on any atom is 0.351 e. The average molecular weight is 324 g/mol. The van der Waals surface area contributed by atoms with Gasteiger partial charge in [-0.15, -0.1) is 0 Å². The molecule has 0 unspecified atom stereocenters. The Morgan fingerprint density at radius 2 is 2.09 bits per heavy atom. The van der Waals surface area contributed by atoms with E-state index >= 15 is 0 Å². The van der Waals surface area contributed by atoms with Gasteiger partial charge in [-0.1, -0.05) is 19.8 Å². The van der Waals surface area contributed by atoms with Gasteiger partial charge in [0.2, 0.25) is 0 Å². The van der Waals surface area contributed by atoms with Gasteiger partial charge in [-0.3, -0.25) is 4.99 Å². The molecule has 0 fully saturated rings. The molecule has 0 aromatic rings. The van der Waals surface area contributed by atoms with Crippen molar-refractivity contribution >= 4 is 24.1 Å². The summed E-state index contributed by atoms with van der Waals surface area (Å²) in [6.45, 7) is 1.95. The van der Waals surface area contributed by atoms with Crippen molar-refractivity contribution in [3.63, 3.8) is 0 Å². The van der Waals surface area contributed by atoms with E-state index < -0.39 is 30.0 Å². The van der Waals surface area contributed by atoms with Gasteiger partial charge in [0.05, 0.1) is 0 Å². The summed E-state index contributed by atoms with van der Waals surface area (Å²) in [4.78, 5) is 37.0. The van der Waals surface area contributed by atoms with Gasteiger partial charge in [-0.05, 0) is 24.1 Å². The summed E-state index contributed by atoms with van der Waals surface area (Å²) in [6.07, 6.45) is 6.16. The molecule has 0 aliphatic carbocycles. The summed E-state index contributed by atoms with van der Waals surface area (Å²) in [6, 6.07) is -1.90.